The average molecular weight is 318 g/mol. The first-order valence-electron chi connectivity index (χ1n) is 5.39. The van der Waals surface area contributed by atoms with E-state index >= 15 is 0 Å². The molecule has 0 radical (unpaired) electrons. The number of anilines is 1. The van der Waals surface area contributed by atoms with Crippen LogP contribution in [0.2, 0.25) is 0 Å². The molecule has 0 aliphatic rings. The third kappa shape index (κ3) is 2.83. The highest BCUT2D eigenvalue weighted by Crippen LogP contribution is 2.25. The Bertz CT molecular complexity index is 795. The summed E-state index contributed by atoms with van der Waals surface area (Å²) in [7, 11) is -2.63. The van der Waals surface area contributed by atoms with Gasteiger partial charge in [0.05, 0.1) is 12.8 Å². The molecular formula is C11H11FN2O4S2. The van der Waals surface area contributed by atoms with Gasteiger partial charge in [-0.3, -0.25) is 9.52 Å². The second-order valence-corrected chi connectivity index (χ2v) is 6.74. The first-order chi connectivity index (χ1) is 9.33. The summed E-state index contributed by atoms with van der Waals surface area (Å²) in [6, 6.07) is 3.57. The van der Waals surface area contributed by atoms with E-state index in [1.165, 1.54) is 26.2 Å². The van der Waals surface area contributed by atoms with Crippen LogP contribution >= 0.6 is 11.3 Å². The number of nitrogens with one attached hydrogen (secondary N) is 2. The van der Waals surface area contributed by atoms with Gasteiger partial charge in [-0.2, -0.15) is 0 Å². The molecule has 0 fully saturated rings. The number of hydrogen-bond acceptors (Lipinski definition) is 5. The van der Waals surface area contributed by atoms with Crippen molar-refractivity contribution in [1.82, 2.24) is 4.98 Å². The van der Waals surface area contributed by atoms with Crippen LogP contribution < -0.4 is 14.3 Å². The fourth-order valence-corrected chi connectivity index (χ4v) is 3.92. The lowest BCUT2D eigenvalue weighted by Crippen LogP contribution is -2.12. The first kappa shape index (κ1) is 14.5. The van der Waals surface area contributed by atoms with Crippen molar-refractivity contribution in [1.29, 1.82) is 0 Å². The molecule has 0 atom stereocenters. The Hall–Kier alpha value is -1.87. The molecule has 2 aromatic rings. The number of aryl methyl sites for hydroxylation is 1. The molecule has 1 aromatic heterocycles. The maximum Gasteiger partial charge on any atom is 0.306 e. The smallest absolute Gasteiger partial charge is 0.306 e. The molecule has 2 rings (SSSR count). The zero-order valence-electron chi connectivity index (χ0n) is 10.6. The second-order valence-electron chi connectivity index (χ2n) is 3.88. The van der Waals surface area contributed by atoms with Crippen molar-refractivity contribution in [3.63, 3.8) is 0 Å². The standard InChI is InChI=1S/C11H11FN2O4S2/c1-6-10(19-11(15)13-6)20(16,17)14-7-3-4-8(12)9(5-7)18-2/h3-5,14H,1-2H3,(H,13,15). The van der Waals surface area contributed by atoms with Crippen molar-refractivity contribution in [3.8, 4) is 5.75 Å². The maximum absolute atomic E-state index is 13.2. The van der Waals surface area contributed by atoms with E-state index in [1.807, 2.05) is 0 Å². The lowest BCUT2D eigenvalue weighted by Gasteiger charge is -2.08. The molecule has 0 spiro atoms. The Kier molecular flexibility index (Phi) is 3.82. The molecule has 6 nitrogen and oxygen atoms in total. The van der Waals surface area contributed by atoms with Crippen molar-refractivity contribution in [2.24, 2.45) is 0 Å². The number of hydrogen-bond donors (Lipinski definition) is 2. The molecule has 0 aliphatic heterocycles. The van der Waals surface area contributed by atoms with E-state index < -0.39 is 20.7 Å². The number of rotatable bonds is 4. The van der Waals surface area contributed by atoms with E-state index in [0.717, 1.165) is 6.07 Å². The number of methoxy groups -OCH3 is 1. The quantitative estimate of drug-likeness (QED) is 0.898. The summed E-state index contributed by atoms with van der Waals surface area (Å²) in [5, 5.41) is 0. The Labute approximate surface area is 118 Å². The van der Waals surface area contributed by atoms with E-state index in [2.05, 4.69) is 9.71 Å². The van der Waals surface area contributed by atoms with Gasteiger partial charge in [-0.05, 0) is 19.1 Å². The third-order valence-corrected chi connectivity index (χ3v) is 5.41. The minimum Gasteiger partial charge on any atom is -0.494 e. The molecule has 0 bridgehead atoms. The Morgan fingerprint density at radius 2 is 2.10 bits per heavy atom. The minimum absolute atomic E-state index is 0.0795. The van der Waals surface area contributed by atoms with Crippen LogP contribution in [0.1, 0.15) is 5.69 Å². The number of sulfonamides is 1. The van der Waals surface area contributed by atoms with Gasteiger partial charge in [0.1, 0.15) is 0 Å². The van der Waals surface area contributed by atoms with Crippen molar-refractivity contribution in [2.45, 2.75) is 11.1 Å². The molecular weight excluding hydrogens is 307 g/mol. The van der Waals surface area contributed by atoms with Crippen molar-refractivity contribution < 1.29 is 17.5 Å². The van der Waals surface area contributed by atoms with Crippen LogP contribution in [0.4, 0.5) is 10.1 Å². The number of aromatic amines is 1. The molecule has 108 valence electrons. The molecule has 2 N–H and O–H groups in total. The summed E-state index contributed by atoms with van der Waals surface area (Å²) in [4.78, 5) is 13.1. The Balaban J connectivity index is 2.38. The predicted octanol–water partition coefficient (Wildman–Crippen LogP) is 1.69. The zero-order valence-corrected chi connectivity index (χ0v) is 12.2. The van der Waals surface area contributed by atoms with Crippen molar-refractivity contribution >= 4 is 27.0 Å². The van der Waals surface area contributed by atoms with Gasteiger partial charge in [0, 0.05) is 11.8 Å². The number of benzene rings is 1. The van der Waals surface area contributed by atoms with Gasteiger partial charge in [0.2, 0.25) is 0 Å². The van der Waals surface area contributed by atoms with Crippen molar-refractivity contribution in [2.75, 3.05) is 11.8 Å². The number of ether oxygens (including phenoxy) is 1. The first-order valence-corrected chi connectivity index (χ1v) is 7.69. The molecule has 20 heavy (non-hydrogen) atoms. The number of halogens is 1. The lowest BCUT2D eigenvalue weighted by molar-refractivity contribution is 0.387. The van der Waals surface area contributed by atoms with E-state index in [9.17, 15) is 17.6 Å². The summed E-state index contributed by atoms with van der Waals surface area (Å²) < 4.78 is 44.4. The summed E-state index contributed by atoms with van der Waals surface area (Å²) in [6.45, 7) is 1.48. The van der Waals surface area contributed by atoms with Crippen LogP contribution in [-0.4, -0.2) is 20.5 Å². The maximum atomic E-state index is 13.2. The molecule has 0 aliphatic carbocycles. The highest BCUT2D eigenvalue weighted by molar-refractivity contribution is 7.94. The van der Waals surface area contributed by atoms with Gasteiger partial charge in [-0.15, -0.1) is 0 Å². The molecule has 0 saturated heterocycles. The molecule has 0 amide bonds. The molecule has 0 unspecified atom stereocenters. The molecule has 1 aromatic carbocycles. The van der Waals surface area contributed by atoms with E-state index in [4.69, 9.17) is 4.74 Å². The minimum atomic E-state index is -3.90. The Morgan fingerprint density at radius 3 is 2.65 bits per heavy atom. The molecule has 1 heterocycles. The van der Waals surface area contributed by atoms with Crippen molar-refractivity contribution in [3.05, 3.63) is 39.4 Å². The van der Waals surface area contributed by atoms with Crippen LogP contribution in [0.5, 0.6) is 5.75 Å². The number of H-pyrrole nitrogens is 1. The fraction of sp³-hybridized carbons (Fsp3) is 0.182. The van der Waals surface area contributed by atoms with Crippen LogP contribution in [0.3, 0.4) is 0 Å². The van der Waals surface area contributed by atoms with Crippen LogP contribution in [-0.2, 0) is 10.0 Å². The van der Waals surface area contributed by atoms with Gasteiger partial charge in [-0.25, -0.2) is 12.8 Å². The van der Waals surface area contributed by atoms with Gasteiger partial charge >= 0.3 is 4.87 Å². The predicted molar refractivity (Wildman–Crippen MR) is 73.4 cm³/mol. The normalized spacial score (nSPS) is 11.3. The monoisotopic (exact) mass is 318 g/mol. The number of thiazole rings is 1. The summed E-state index contributed by atoms with van der Waals surface area (Å²) in [5.74, 6) is -0.679. The van der Waals surface area contributed by atoms with Gasteiger partial charge in [-0.1, -0.05) is 11.3 Å². The van der Waals surface area contributed by atoms with Gasteiger partial charge < -0.3 is 9.72 Å². The van der Waals surface area contributed by atoms with Crippen LogP contribution in [0.15, 0.2) is 27.2 Å². The number of aromatic nitrogens is 1. The van der Waals surface area contributed by atoms with E-state index in [0.29, 0.717) is 11.3 Å². The second kappa shape index (κ2) is 5.25. The average Bonchev–Trinajstić information content (AvgIpc) is 2.71. The SMILES string of the molecule is COc1cc(NS(=O)(=O)c2sc(=O)[nH]c2C)ccc1F. The van der Waals surface area contributed by atoms with Gasteiger partial charge in [0.15, 0.2) is 15.8 Å². The highest BCUT2D eigenvalue weighted by atomic mass is 32.2. The summed E-state index contributed by atoms with van der Waals surface area (Å²) in [6.07, 6.45) is 0. The largest absolute Gasteiger partial charge is 0.494 e. The third-order valence-electron chi connectivity index (χ3n) is 2.43. The fourth-order valence-electron chi connectivity index (χ4n) is 1.57. The van der Waals surface area contributed by atoms with Crippen LogP contribution in [0, 0.1) is 12.7 Å². The van der Waals surface area contributed by atoms with Crippen LogP contribution in [0.25, 0.3) is 0 Å². The zero-order chi connectivity index (χ0) is 14.9. The molecule has 0 saturated carbocycles. The molecule has 9 heteroatoms. The summed E-state index contributed by atoms with van der Waals surface area (Å²) in [5.41, 5.74) is 0.394. The topological polar surface area (TPSA) is 88.3 Å². The summed E-state index contributed by atoms with van der Waals surface area (Å²) >= 11 is 0.587. The van der Waals surface area contributed by atoms with Gasteiger partial charge in [0.25, 0.3) is 10.0 Å². The van der Waals surface area contributed by atoms with E-state index in [-0.39, 0.29) is 21.3 Å². The highest BCUT2D eigenvalue weighted by Gasteiger charge is 2.21. The lowest BCUT2D eigenvalue weighted by atomic mass is 10.3. The van der Waals surface area contributed by atoms with E-state index in [1.54, 1.807) is 0 Å². The Morgan fingerprint density at radius 1 is 1.40 bits per heavy atom.